The molecule has 0 aromatic rings. The standard InChI is InChI=1S/C11H25NO/c1-5-9-11(7-3)12(8-4)13-10-6-2/h11H,5-10H2,1-4H3. The number of hydroxylamine groups is 2. The maximum Gasteiger partial charge on any atom is 0.0682 e. The lowest BCUT2D eigenvalue weighted by Crippen LogP contribution is -2.35. The third kappa shape index (κ3) is 5.27. The second-order valence-corrected chi connectivity index (χ2v) is 3.42. The smallest absolute Gasteiger partial charge is 0.0682 e. The largest absolute Gasteiger partial charge is 0.299 e. The monoisotopic (exact) mass is 187 g/mol. The SMILES string of the molecule is CCCON(CC)C(CC)CCC. The van der Waals surface area contributed by atoms with Crippen LogP contribution < -0.4 is 0 Å². The zero-order valence-corrected chi connectivity index (χ0v) is 9.68. The molecule has 0 saturated carbocycles. The van der Waals surface area contributed by atoms with Gasteiger partial charge >= 0.3 is 0 Å². The van der Waals surface area contributed by atoms with Crippen molar-refractivity contribution in [2.24, 2.45) is 0 Å². The molecule has 0 aliphatic heterocycles. The highest BCUT2D eigenvalue weighted by molar-refractivity contribution is 4.62. The first-order valence-electron chi connectivity index (χ1n) is 5.69. The van der Waals surface area contributed by atoms with Gasteiger partial charge in [-0.2, -0.15) is 5.06 Å². The predicted octanol–water partition coefficient (Wildman–Crippen LogP) is 3.23. The van der Waals surface area contributed by atoms with E-state index in [9.17, 15) is 0 Å². The maximum atomic E-state index is 5.68. The molecule has 0 rings (SSSR count). The van der Waals surface area contributed by atoms with Gasteiger partial charge in [-0.3, -0.25) is 4.84 Å². The molecule has 1 atom stereocenters. The number of hydrogen-bond acceptors (Lipinski definition) is 2. The van der Waals surface area contributed by atoms with Crippen molar-refractivity contribution in [2.75, 3.05) is 13.2 Å². The summed E-state index contributed by atoms with van der Waals surface area (Å²) >= 11 is 0. The minimum Gasteiger partial charge on any atom is -0.299 e. The van der Waals surface area contributed by atoms with Crippen molar-refractivity contribution in [3.8, 4) is 0 Å². The fourth-order valence-corrected chi connectivity index (χ4v) is 1.55. The average Bonchev–Trinajstić information content (AvgIpc) is 2.17. The van der Waals surface area contributed by atoms with Crippen molar-refractivity contribution in [3.05, 3.63) is 0 Å². The van der Waals surface area contributed by atoms with E-state index in [0.29, 0.717) is 6.04 Å². The number of rotatable bonds is 8. The summed E-state index contributed by atoms with van der Waals surface area (Å²) in [7, 11) is 0. The summed E-state index contributed by atoms with van der Waals surface area (Å²) in [5.74, 6) is 0. The molecule has 0 heterocycles. The van der Waals surface area contributed by atoms with Crippen LogP contribution in [0, 0.1) is 0 Å². The van der Waals surface area contributed by atoms with Crippen molar-refractivity contribution in [2.45, 2.75) is 59.4 Å². The first kappa shape index (κ1) is 12.9. The van der Waals surface area contributed by atoms with Crippen LogP contribution in [0.25, 0.3) is 0 Å². The molecular weight excluding hydrogens is 162 g/mol. The molecule has 0 aliphatic rings. The van der Waals surface area contributed by atoms with Gasteiger partial charge in [0.15, 0.2) is 0 Å². The summed E-state index contributed by atoms with van der Waals surface area (Å²) in [5.41, 5.74) is 0. The summed E-state index contributed by atoms with van der Waals surface area (Å²) in [6.45, 7) is 10.6. The van der Waals surface area contributed by atoms with Gasteiger partial charge in [0.2, 0.25) is 0 Å². The highest BCUT2D eigenvalue weighted by Gasteiger charge is 2.14. The Kier molecular flexibility index (Phi) is 8.46. The second kappa shape index (κ2) is 8.52. The molecule has 13 heavy (non-hydrogen) atoms. The first-order chi connectivity index (χ1) is 6.29. The van der Waals surface area contributed by atoms with Crippen molar-refractivity contribution in [1.29, 1.82) is 0 Å². The molecule has 0 bridgehead atoms. The van der Waals surface area contributed by atoms with Gasteiger partial charge in [-0.15, -0.1) is 0 Å². The van der Waals surface area contributed by atoms with Crippen LogP contribution >= 0.6 is 0 Å². The lowest BCUT2D eigenvalue weighted by molar-refractivity contribution is -0.185. The lowest BCUT2D eigenvalue weighted by atomic mass is 10.1. The summed E-state index contributed by atoms with van der Waals surface area (Å²) in [6.07, 6.45) is 4.77. The Morgan fingerprint density at radius 3 is 2.15 bits per heavy atom. The van der Waals surface area contributed by atoms with Gasteiger partial charge in [0.25, 0.3) is 0 Å². The molecule has 0 radical (unpaired) electrons. The van der Waals surface area contributed by atoms with Gasteiger partial charge in [-0.1, -0.05) is 34.1 Å². The van der Waals surface area contributed by atoms with E-state index in [-0.39, 0.29) is 0 Å². The van der Waals surface area contributed by atoms with E-state index in [0.717, 1.165) is 19.6 Å². The maximum absolute atomic E-state index is 5.68. The Labute approximate surface area is 83.2 Å². The fraction of sp³-hybridized carbons (Fsp3) is 1.00. The summed E-state index contributed by atoms with van der Waals surface area (Å²) in [4.78, 5) is 5.68. The van der Waals surface area contributed by atoms with E-state index in [2.05, 4.69) is 32.8 Å². The Morgan fingerprint density at radius 2 is 1.77 bits per heavy atom. The van der Waals surface area contributed by atoms with Crippen LogP contribution in [0.4, 0.5) is 0 Å². The van der Waals surface area contributed by atoms with E-state index in [1.165, 1.54) is 19.3 Å². The molecule has 2 nitrogen and oxygen atoms in total. The van der Waals surface area contributed by atoms with Crippen molar-refractivity contribution < 1.29 is 4.84 Å². The molecule has 80 valence electrons. The minimum absolute atomic E-state index is 0.613. The third-order valence-corrected chi connectivity index (χ3v) is 2.27. The topological polar surface area (TPSA) is 12.5 Å². The molecule has 0 fully saturated rings. The Bertz CT molecular complexity index is 106. The summed E-state index contributed by atoms with van der Waals surface area (Å²) < 4.78 is 0. The quantitative estimate of drug-likeness (QED) is 0.541. The molecule has 1 unspecified atom stereocenters. The molecule has 0 aromatic carbocycles. The molecule has 0 N–H and O–H groups in total. The Balaban J connectivity index is 3.84. The van der Waals surface area contributed by atoms with Crippen molar-refractivity contribution in [3.63, 3.8) is 0 Å². The second-order valence-electron chi connectivity index (χ2n) is 3.42. The van der Waals surface area contributed by atoms with Gasteiger partial charge in [0.1, 0.15) is 0 Å². The van der Waals surface area contributed by atoms with Crippen LogP contribution in [0.5, 0.6) is 0 Å². The summed E-state index contributed by atoms with van der Waals surface area (Å²) in [5, 5.41) is 2.15. The molecule has 0 aromatic heterocycles. The van der Waals surface area contributed by atoms with Crippen LogP contribution in [0.3, 0.4) is 0 Å². The number of nitrogens with zero attached hydrogens (tertiary/aromatic N) is 1. The average molecular weight is 187 g/mol. The Morgan fingerprint density at radius 1 is 1.08 bits per heavy atom. The van der Waals surface area contributed by atoms with Crippen LogP contribution in [-0.4, -0.2) is 24.3 Å². The van der Waals surface area contributed by atoms with Gasteiger partial charge in [-0.25, -0.2) is 0 Å². The zero-order chi connectivity index (χ0) is 10.1. The molecular formula is C11H25NO. The van der Waals surface area contributed by atoms with Gasteiger partial charge in [0, 0.05) is 12.6 Å². The molecule has 0 spiro atoms. The van der Waals surface area contributed by atoms with E-state index in [1.54, 1.807) is 0 Å². The summed E-state index contributed by atoms with van der Waals surface area (Å²) in [6, 6.07) is 0.613. The highest BCUT2D eigenvalue weighted by Crippen LogP contribution is 2.11. The zero-order valence-electron chi connectivity index (χ0n) is 9.68. The number of hydrogen-bond donors (Lipinski definition) is 0. The molecule has 0 amide bonds. The van der Waals surface area contributed by atoms with Crippen LogP contribution in [0.1, 0.15) is 53.4 Å². The highest BCUT2D eigenvalue weighted by atomic mass is 16.7. The van der Waals surface area contributed by atoms with Crippen molar-refractivity contribution in [1.82, 2.24) is 5.06 Å². The first-order valence-corrected chi connectivity index (χ1v) is 5.69. The fourth-order valence-electron chi connectivity index (χ4n) is 1.55. The van der Waals surface area contributed by atoms with E-state index < -0.39 is 0 Å². The Hall–Kier alpha value is -0.0800. The van der Waals surface area contributed by atoms with E-state index in [4.69, 9.17) is 4.84 Å². The predicted molar refractivity (Wildman–Crippen MR) is 57.6 cm³/mol. The van der Waals surface area contributed by atoms with Crippen LogP contribution in [0.2, 0.25) is 0 Å². The third-order valence-electron chi connectivity index (χ3n) is 2.27. The molecule has 2 heteroatoms. The minimum atomic E-state index is 0.613. The van der Waals surface area contributed by atoms with E-state index in [1.807, 2.05) is 0 Å². The van der Waals surface area contributed by atoms with E-state index >= 15 is 0 Å². The van der Waals surface area contributed by atoms with Crippen LogP contribution in [-0.2, 0) is 4.84 Å². The molecule has 0 aliphatic carbocycles. The molecule has 0 saturated heterocycles. The normalized spacial score (nSPS) is 13.6. The van der Waals surface area contributed by atoms with Crippen molar-refractivity contribution >= 4 is 0 Å². The van der Waals surface area contributed by atoms with Gasteiger partial charge < -0.3 is 0 Å². The lowest BCUT2D eigenvalue weighted by Gasteiger charge is -2.28. The van der Waals surface area contributed by atoms with Gasteiger partial charge in [0.05, 0.1) is 6.61 Å². The van der Waals surface area contributed by atoms with Gasteiger partial charge in [-0.05, 0) is 19.3 Å². The van der Waals surface area contributed by atoms with Crippen LogP contribution in [0.15, 0.2) is 0 Å².